The first kappa shape index (κ1) is 30.7. The largest absolute Gasteiger partial charge is 0.394 e. The molecule has 0 saturated heterocycles. The quantitative estimate of drug-likeness (QED) is 0.0807. The van der Waals surface area contributed by atoms with Gasteiger partial charge in [0.1, 0.15) is 18.3 Å². The summed E-state index contributed by atoms with van der Waals surface area (Å²) in [7, 11) is 0. The van der Waals surface area contributed by atoms with E-state index >= 15 is 0 Å². The zero-order valence-electron chi connectivity index (χ0n) is 19.5. The Bertz CT molecular complexity index is 508. The minimum atomic E-state index is -2.20. The number of hydrogen-bond donors (Lipinski definition) is 5. The third kappa shape index (κ3) is 15.5. The predicted molar refractivity (Wildman–Crippen MR) is 122 cm³/mol. The van der Waals surface area contributed by atoms with Crippen molar-refractivity contribution in [1.82, 2.24) is 0 Å². The van der Waals surface area contributed by atoms with Gasteiger partial charge in [-0.25, -0.2) is 4.79 Å². The Balaban J connectivity index is 3.71. The molecule has 4 atom stereocenters. The number of esters is 2. The Morgan fingerprint density at radius 2 is 1.25 bits per heavy atom. The molecule has 5 N–H and O–H groups in total. The van der Waals surface area contributed by atoms with Gasteiger partial charge in [-0.3, -0.25) is 4.79 Å². The lowest BCUT2D eigenvalue weighted by atomic mass is 10.0. The van der Waals surface area contributed by atoms with Crippen LogP contribution in [0.3, 0.4) is 0 Å². The van der Waals surface area contributed by atoms with Crippen LogP contribution in [0.15, 0.2) is 12.2 Å². The van der Waals surface area contributed by atoms with Crippen molar-refractivity contribution < 1.29 is 39.9 Å². The van der Waals surface area contributed by atoms with Gasteiger partial charge in [0.25, 0.3) is 0 Å². The van der Waals surface area contributed by atoms with E-state index in [1.54, 1.807) is 0 Å². The third-order valence-electron chi connectivity index (χ3n) is 5.35. The Hall–Kier alpha value is -1.32. The molecule has 0 radical (unpaired) electrons. The molecule has 188 valence electrons. The van der Waals surface area contributed by atoms with Crippen LogP contribution in [-0.2, 0) is 14.3 Å². The van der Waals surface area contributed by atoms with E-state index in [-0.39, 0.29) is 6.42 Å². The van der Waals surface area contributed by atoms with Crippen LogP contribution in [-0.4, -0.2) is 68.5 Å². The van der Waals surface area contributed by atoms with E-state index in [0.717, 1.165) is 38.5 Å². The summed E-state index contributed by atoms with van der Waals surface area (Å²) in [5, 5.41) is 46.6. The highest BCUT2D eigenvalue weighted by Gasteiger charge is 2.35. The smallest absolute Gasteiger partial charge is 0.345 e. The summed E-state index contributed by atoms with van der Waals surface area (Å²) in [5.41, 5.74) is 0. The second kappa shape index (κ2) is 20.3. The summed E-state index contributed by atoms with van der Waals surface area (Å²) < 4.78 is 4.46. The maximum atomic E-state index is 11.7. The molecule has 0 aliphatic rings. The van der Waals surface area contributed by atoms with Gasteiger partial charge in [-0.15, -0.1) is 0 Å². The highest BCUT2D eigenvalue weighted by Crippen LogP contribution is 2.11. The normalized spacial score (nSPS) is 15.4. The maximum Gasteiger partial charge on any atom is 0.345 e. The molecular weight excluding hydrogens is 416 g/mol. The van der Waals surface area contributed by atoms with Crippen LogP contribution < -0.4 is 0 Å². The van der Waals surface area contributed by atoms with Crippen LogP contribution in [0, 0.1) is 0 Å². The summed E-state index contributed by atoms with van der Waals surface area (Å²) in [6, 6.07) is 0. The van der Waals surface area contributed by atoms with Crippen molar-refractivity contribution in [2.24, 2.45) is 0 Å². The van der Waals surface area contributed by atoms with Gasteiger partial charge >= 0.3 is 11.9 Å². The van der Waals surface area contributed by atoms with Crippen LogP contribution in [0.2, 0.25) is 0 Å². The van der Waals surface area contributed by atoms with Crippen molar-refractivity contribution in [2.75, 3.05) is 6.61 Å². The maximum absolute atomic E-state index is 11.7. The number of ether oxygens (including phenoxy) is 1. The Morgan fingerprint density at radius 1 is 0.750 bits per heavy atom. The molecule has 0 saturated carbocycles. The lowest BCUT2D eigenvalue weighted by Gasteiger charge is -2.24. The van der Waals surface area contributed by atoms with Crippen LogP contribution in [0.5, 0.6) is 0 Å². The number of allylic oxidation sites excluding steroid dienone is 2. The van der Waals surface area contributed by atoms with Crippen LogP contribution in [0.4, 0.5) is 0 Å². The van der Waals surface area contributed by atoms with E-state index in [2.05, 4.69) is 23.8 Å². The molecule has 8 heteroatoms. The standard InChI is InChI=1S/C24H44O8/c1-2-3-4-5-6-7-8-9-10-11-12-13-14-15-16-17-20(27)32-24(31)23(30)22(29)21(28)19(26)18-25/h9-10,19,21-23,25-26,28-30H,2-8,11-18H2,1H3/b10-9-/t19-,21-,22+,23+/m1/s1. The molecule has 0 heterocycles. The molecule has 0 unspecified atom stereocenters. The Labute approximate surface area is 192 Å². The first-order valence-corrected chi connectivity index (χ1v) is 12.1. The molecule has 0 amide bonds. The fourth-order valence-corrected chi connectivity index (χ4v) is 3.23. The highest BCUT2D eigenvalue weighted by molar-refractivity contribution is 5.88. The van der Waals surface area contributed by atoms with Crippen molar-refractivity contribution in [1.29, 1.82) is 0 Å². The van der Waals surface area contributed by atoms with Crippen LogP contribution in [0.25, 0.3) is 0 Å². The van der Waals surface area contributed by atoms with Crippen molar-refractivity contribution in [3.8, 4) is 0 Å². The predicted octanol–water partition coefficient (Wildman–Crippen LogP) is 2.53. The molecule has 8 nitrogen and oxygen atoms in total. The van der Waals surface area contributed by atoms with Gasteiger partial charge in [-0.1, -0.05) is 70.4 Å². The van der Waals surface area contributed by atoms with Crippen molar-refractivity contribution in [3.63, 3.8) is 0 Å². The second-order valence-electron chi connectivity index (χ2n) is 8.30. The monoisotopic (exact) mass is 460 g/mol. The Morgan fingerprint density at radius 3 is 1.78 bits per heavy atom. The molecule has 0 fully saturated rings. The second-order valence-corrected chi connectivity index (χ2v) is 8.30. The summed E-state index contributed by atoms with van der Waals surface area (Å²) in [6.45, 7) is 1.36. The van der Waals surface area contributed by atoms with Gasteiger partial charge in [0.2, 0.25) is 0 Å². The zero-order chi connectivity index (χ0) is 24.2. The van der Waals surface area contributed by atoms with Gasteiger partial charge in [0.15, 0.2) is 6.10 Å². The van der Waals surface area contributed by atoms with Crippen molar-refractivity contribution in [2.45, 2.75) is 121 Å². The van der Waals surface area contributed by atoms with E-state index in [4.69, 9.17) is 5.11 Å². The molecule has 0 aliphatic heterocycles. The number of carbonyl (C=O) groups is 2. The molecule has 32 heavy (non-hydrogen) atoms. The molecule has 0 spiro atoms. The van der Waals surface area contributed by atoms with Gasteiger partial charge in [-0.2, -0.15) is 0 Å². The number of rotatable bonds is 20. The van der Waals surface area contributed by atoms with Gasteiger partial charge < -0.3 is 30.3 Å². The van der Waals surface area contributed by atoms with Crippen molar-refractivity contribution in [3.05, 3.63) is 12.2 Å². The minimum Gasteiger partial charge on any atom is -0.394 e. The summed E-state index contributed by atoms with van der Waals surface area (Å²) in [5.74, 6) is -2.23. The topological polar surface area (TPSA) is 145 Å². The van der Waals surface area contributed by atoms with Gasteiger partial charge in [0, 0.05) is 6.42 Å². The van der Waals surface area contributed by atoms with E-state index < -0.39 is 43.0 Å². The van der Waals surface area contributed by atoms with E-state index in [1.807, 2.05) is 0 Å². The van der Waals surface area contributed by atoms with Crippen LogP contribution in [0.1, 0.15) is 96.8 Å². The molecule has 0 bridgehead atoms. The molecular formula is C24H44O8. The molecule has 0 aromatic rings. The molecule has 0 aromatic heterocycles. The first-order chi connectivity index (χ1) is 15.3. The fraction of sp³-hybridized carbons (Fsp3) is 0.833. The molecule has 0 aromatic carbocycles. The zero-order valence-corrected chi connectivity index (χ0v) is 19.5. The fourth-order valence-electron chi connectivity index (χ4n) is 3.23. The number of unbranched alkanes of at least 4 members (excludes halogenated alkanes) is 11. The average Bonchev–Trinajstić information content (AvgIpc) is 2.79. The van der Waals surface area contributed by atoms with E-state index in [9.17, 15) is 30.0 Å². The van der Waals surface area contributed by atoms with Gasteiger partial charge in [0.05, 0.1) is 6.61 Å². The van der Waals surface area contributed by atoms with Gasteiger partial charge in [-0.05, 0) is 32.1 Å². The highest BCUT2D eigenvalue weighted by atomic mass is 16.6. The number of aliphatic hydroxyl groups is 5. The SMILES string of the molecule is CCCCCCCC/C=C\CCCCCCCC(=O)OC(=O)[C@@H](O)[C@@H](O)[C@H](O)[C@H](O)CO. The number of hydrogen-bond acceptors (Lipinski definition) is 8. The average molecular weight is 461 g/mol. The number of carbonyl (C=O) groups excluding carboxylic acids is 2. The van der Waals surface area contributed by atoms with Crippen molar-refractivity contribution >= 4 is 11.9 Å². The molecule has 0 aliphatic carbocycles. The van der Waals surface area contributed by atoms with Crippen LogP contribution >= 0.6 is 0 Å². The molecule has 0 rings (SSSR count). The summed E-state index contributed by atoms with van der Waals surface area (Å²) in [4.78, 5) is 23.3. The van der Waals surface area contributed by atoms with E-state index in [1.165, 1.54) is 38.5 Å². The Kier molecular flexibility index (Phi) is 19.5. The lowest BCUT2D eigenvalue weighted by Crippen LogP contribution is -2.49. The summed E-state index contributed by atoms with van der Waals surface area (Å²) in [6.07, 6.45) is 11.1. The lowest BCUT2D eigenvalue weighted by molar-refractivity contribution is -0.176. The third-order valence-corrected chi connectivity index (χ3v) is 5.35. The van der Waals surface area contributed by atoms with E-state index in [0.29, 0.717) is 6.42 Å². The first-order valence-electron chi connectivity index (χ1n) is 12.1. The summed E-state index contributed by atoms with van der Waals surface area (Å²) >= 11 is 0. The minimum absolute atomic E-state index is 0.00846. The number of aliphatic hydroxyl groups excluding tert-OH is 5.